The van der Waals surface area contributed by atoms with Gasteiger partial charge in [-0.05, 0) is 32.0 Å². The first kappa shape index (κ1) is 18.9. The van der Waals surface area contributed by atoms with Gasteiger partial charge in [0.05, 0.1) is 0 Å². The van der Waals surface area contributed by atoms with Gasteiger partial charge in [0, 0.05) is 42.9 Å². The highest BCUT2D eigenvalue weighted by Crippen LogP contribution is 2.35. The van der Waals surface area contributed by atoms with E-state index in [-0.39, 0.29) is 10.4 Å². The molecule has 3 rings (SSSR count). The fraction of sp³-hybridized carbons (Fsp3) is 0.706. The van der Waals surface area contributed by atoms with Crippen molar-refractivity contribution in [3.05, 3.63) is 18.3 Å². The molecule has 0 spiro atoms. The zero-order valence-corrected chi connectivity index (χ0v) is 16.5. The number of nitrogens with one attached hydrogen (secondary N) is 2. The molecule has 1 aromatic heterocycles. The number of rotatable bonds is 6. The number of nitrogens with zero attached hydrogens (tertiary/aromatic N) is 2. The second-order valence-corrected chi connectivity index (χ2v) is 9.94. The quantitative estimate of drug-likeness (QED) is 0.783. The van der Waals surface area contributed by atoms with Crippen LogP contribution in [0.5, 0.6) is 0 Å². The zero-order valence-electron chi connectivity index (χ0n) is 14.8. The first-order valence-electron chi connectivity index (χ1n) is 9.02. The lowest BCUT2D eigenvalue weighted by molar-refractivity contribution is 0.0706. The van der Waals surface area contributed by atoms with Crippen molar-refractivity contribution in [3.63, 3.8) is 0 Å². The fourth-order valence-electron chi connectivity index (χ4n) is 3.87. The Balaban J connectivity index is 1.68. The topological polar surface area (TPSA) is 74.3 Å². The van der Waals surface area contributed by atoms with Crippen molar-refractivity contribution >= 4 is 27.6 Å². The summed E-state index contributed by atoms with van der Waals surface area (Å²) in [5.74, 6) is 3.18. The van der Waals surface area contributed by atoms with Crippen molar-refractivity contribution in [2.75, 3.05) is 43.5 Å². The van der Waals surface area contributed by atoms with Crippen LogP contribution in [-0.2, 0) is 10.0 Å². The Bertz CT molecular complexity index is 652. The van der Waals surface area contributed by atoms with Crippen molar-refractivity contribution in [1.29, 1.82) is 0 Å². The lowest BCUT2D eigenvalue weighted by Crippen LogP contribution is -2.57. The summed E-state index contributed by atoms with van der Waals surface area (Å²) in [6.45, 7) is 3.21. The molecule has 2 heterocycles. The van der Waals surface area contributed by atoms with Crippen molar-refractivity contribution in [2.24, 2.45) is 0 Å². The average Bonchev–Trinajstić information content (AvgIpc) is 2.68. The molecule has 1 aromatic rings. The van der Waals surface area contributed by atoms with Gasteiger partial charge < -0.3 is 5.32 Å². The third-order valence-corrected chi connectivity index (χ3v) is 7.72. The van der Waals surface area contributed by atoms with Crippen molar-refractivity contribution in [3.8, 4) is 0 Å². The number of sulfonamides is 1. The standard InChI is InChI=1S/C17H28N4O2S2/c1-18-25(22,23)15-5-6-16(19-13-15)20-14-17(7-3-2-4-8-17)21-9-11-24-12-10-21/h5-6,13,18H,2-4,7-12,14H2,1H3,(H,19,20). The first-order chi connectivity index (χ1) is 12.1. The minimum absolute atomic E-state index is 0.195. The van der Waals surface area contributed by atoms with E-state index in [0.717, 1.165) is 12.4 Å². The number of hydrogen-bond acceptors (Lipinski definition) is 6. The SMILES string of the molecule is CNS(=O)(=O)c1ccc(NCC2(N3CCSCC3)CCCCC2)nc1. The monoisotopic (exact) mass is 384 g/mol. The van der Waals surface area contributed by atoms with Crippen LogP contribution in [0.2, 0.25) is 0 Å². The molecule has 1 aliphatic carbocycles. The molecular weight excluding hydrogens is 356 g/mol. The maximum Gasteiger partial charge on any atom is 0.241 e. The molecule has 2 aliphatic rings. The summed E-state index contributed by atoms with van der Waals surface area (Å²) in [6.07, 6.45) is 7.79. The molecule has 6 nitrogen and oxygen atoms in total. The van der Waals surface area contributed by atoms with E-state index in [2.05, 4.69) is 19.9 Å². The smallest absolute Gasteiger partial charge is 0.241 e. The summed E-state index contributed by atoms with van der Waals surface area (Å²) >= 11 is 2.04. The third-order valence-electron chi connectivity index (χ3n) is 5.38. The van der Waals surface area contributed by atoms with E-state index in [1.165, 1.54) is 69.9 Å². The number of anilines is 1. The summed E-state index contributed by atoms with van der Waals surface area (Å²) in [7, 11) is -2.02. The summed E-state index contributed by atoms with van der Waals surface area (Å²) in [4.78, 5) is 7.17. The van der Waals surface area contributed by atoms with Gasteiger partial charge in [-0.15, -0.1) is 0 Å². The van der Waals surface area contributed by atoms with E-state index in [9.17, 15) is 8.42 Å². The van der Waals surface area contributed by atoms with Crippen LogP contribution in [0.4, 0.5) is 5.82 Å². The summed E-state index contributed by atoms with van der Waals surface area (Å²) < 4.78 is 25.9. The van der Waals surface area contributed by atoms with E-state index in [1.54, 1.807) is 12.1 Å². The Kier molecular flexibility index (Phi) is 6.25. The van der Waals surface area contributed by atoms with Gasteiger partial charge in [0.1, 0.15) is 10.7 Å². The number of thioether (sulfide) groups is 1. The number of aromatic nitrogens is 1. The fourth-order valence-corrected chi connectivity index (χ4v) is 5.45. The summed E-state index contributed by atoms with van der Waals surface area (Å²) in [6, 6.07) is 3.36. The molecule has 0 aromatic carbocycles. The lowest BCUT2D eigenvalue weighted by atomic mass is 9.80. The van der Waals surface area contributed by atoms with E-state index in [4.69, 9.17) is 0 Å². The average molecular weight is 385 g/mol. The predicted octanol–water partition coefficient (Wildman–Crippen LogP) is 2.15. The Hall–Kier alpha value is -0.830. The second-order valence-electron chi connectivity index (χ2n) is 6.82. The van der Waals surface area contributed by atoms with Gasteiger partial charge in [0.25, 0.3) is 0 Å². The Morgan fingerprint density at radius 2 is 1.92 bits per heavy atom. The molecule has 1 aliphatic heterocycles. The van der Waals surface area contributed by atoms with Crippen LogP contribution in [0, 0.1) is 0 Å². The molecule has 8 heteroatoms. The van der Waals surface area contributed by atoms with E-state index < -0.39 is 10.0 Å². The van der Waals surface area contributed by atoms with Crippen LogP contribution in [0.1, 0.15) is 32.1 Å². The minimum atomic E-state index is -3.43. The molecule has 1 saturated heterocycles. The Labute approximate surface area is 155 Å². The lowest BCUT2D eigenvalue weighted by Gasteiger charge is -2.48. The van der Waals surface area contributed by atoms with Crippen LogP contribution in [-0.4, -0.2) is 62.0 Å². The molecule has 0 amide bonds. The molecule has 0 bridgehead atoms. The van der Waals surface area contributed by atoms with E-state index >= 15 is 0 Å². The molecule has 140 valence electrons. The van der Waals surface area contributed by atoms with Crippen LogP contribution >= 0.6 is 11.8 Å². The molecule has 25 heavy (non-hydrogen) atoms. The molecular formula is C17H28N4O2S2. The maximum absolute atomic E-state index is 11.8. The van der Waals surface area contributed by atoms with Gasteiger partial charge in [-0.3, -0.25) is 4.90 Å². The van der Waals surface area contributed by atoms with Gasteiger partial charge in [0.2, 0.25) is 10.0 Å². The zero-order chi connectivity index (χ0) is 17.8. The summed E-state index contributed by atoms with van der Waals surface area (Å²) in [5.41, 5.74) is 0.219. The van der Waals surface area contributed by atoms with E-state index in [0.29, 0.717) is 0 Å². The highest BCUT2D eigenvalue weighted by molar-refractivity contribution is 7.99. The van der Waals surface area contributed by atoms with Crippen molar-refractivity contribution in [1.82, 2.24) is 14.6 Å². The first-order valence-corrected chi connectivity index (χ1v) is 11.7. The van der Waals surface area contributed by atoms with Crippen LogP contribution < -0.4 is 10.0 Å². The van der Waals surface area contributed by atoms with Crippen LogP contribution in [0.15, 0.2) is 23.2 Å². The summed E-state index contributed by atoms with van der Waals surface area (Å²) in [5, 5.41) is 3.47. The van der Waals surface area contributed by atoms with Gasteiger partial charge in [0.15, 0.2) is 0 Å². The Morgan fingerprint density at radius 3 is 2.52 bits per heavy atom. The van der Waals surface area contributed by atoms with Gasteiger partial charge >= 0.3 is 0 Å². The predicted molar refractivity (Wildman–Crippen MR) is 104 cm³/mol. The molecule has 2 fully saturated rings. The minimum Gasteiger partial charge on any atom is -0.368 e. The Morgan fingerprint density at radius 1 is 1.20 bits per heavy atom. The van der Waals surface area contributed by atoms with Crippen molar-refractivity contribution in [2.45, 2.75) is 42.5 Å². The molecule has 0 unspecified atom stereocenters. The number of pyridine rings is 1. The highest BCUT2D eigenvalue weighted by atomic mass is 32.2. The van der Waals surface area contributed by atoms with Crippen molar-refractivity contribution < 1.29 is 8.42 Å². The van der Waals surface area contributed by atoms with Gasteiger partial charge in [-0.1, -0.05) is 19.3 Å². The normalized spacial score (nSPS) is 21.8. The maximum atomic E-state index is 11.8. The largest absolute Gasteiger partial charge is 0.368 e. The third kappa shape index (κ3) is 4.48. The second kappa shape index (κ2) is 8.24. The van der Waals surface area contributed by atoms with Gasteiger partial charge in [-0.2, -0.15) is 11.8 Å². The van der Waals surface area contributed by atoms with Crippen LogP contribution in [0.3, 0.4) is 0 Å². The van der Waals surface area contributed by atoms with Crippen LogP contribution in [0.25, 0.3) is 0 Å². The molecule has 0 atom stereocenters. The van der Waals surface area contributed by atoms with E-state index in [1.807, 2.05) is 11.8 Å². The number of hydrogen-bond donors (Lipinski definition) is 2. The molecule has 2 N–H and O–H groups in total. The molecule has 1 saturated carbocycles. The highest BCUT2D eigenvalue weighted by Gasteiger charge is 2.38. The molecule has 0 radical (unpaired) electrons. The van der Waals surface area contributed by atoms with Gasteiger partial charge in [-0.25, -0.2) is 18.1 Å².